The van der Waals surface area contributed by atoms with Crippen molar-refractivity contribution in [3.63, 3.8) is 0 Å². The molecule has 112 valence electrons. The fourth-order valence-electron chi connectivity index (χ4n) is 2.97. The van der Waals surface area contributed by atoms with Gasteiger partial charge in [0.15, 0.2) is 0 Å². The summed E-state index contributed by atoms with van der Waals surface area (Å²) in [6.45, 7) is 1.77. The highest BCUT2D eigenvalue weighted by Gasteiger charge is 2.25. The largest absolute Gasteiger partial charge is 0.391 e. The van der Waals surface area contributed by atoms with E-state index in [4.69, 9.17) is 0 Å². The molecule has 2 amide bonds. The Labute approximate surface area is 124 Å². The molecule has 2 fully saturated rings. The average molecular weight is 288 g/mol. The van der Waals surface area contributed by atoms with Crippen molar-refractivity contribution in [2.45, 2.75) is 31.8 Å². The zero-order chi connectivity index (χ0) is 14.8. The van der Waals surface area contributed by atoms with E-state index < -0.39 is 6.10 Å². The highest BCUT2D eigenvalue weighted by atomic mass is 16.3. The first kappa shape index (κ1) is 14.1. The number of hydrogen-bond donors (Lipinski definition) is 1. The number of benzene rings is 1. The summed E-state index contributed by atoms with van der Waals surface area (Å²) in [6, 6.07) is 7.21. The number of nitrogens with zero attached hydrogens (tertiary/aromatic N) is 2. The molecule has 2 saturated heterocycles. The summed E-state index contributed by atoms with van der Waals surface area (Å²) >= 11 is 0. The Morgan fingerprint density at radius 3 is 2.52 bits per heavy atom. The number of carbonyl (C=O) groups excluding carboxylic acids is 2. The molecule has 3 rings (SSSR count). The van der Waals surface area contributed by atoms with Crippen LogP contribution in [0.3, 0.4) is 0 Å². The van der Waals surface area contributed by atoms with E-state index in [-0.39, 0.29) is 11.8 Å². The molecule has 1 atom stereocenters. The molecule has 0 unspecified atom stereocenters. The van der Waals surface area contributed by atoms with Gasteiger partial charge in [0.25, 0.3) is 5.91 Å². The monoisotopic (exact) mass is 288 g/mol. The second-order valence-corrected chi connectivity index (χ2v) is 5.74. The Bertz CT molecular complexity index is 541. The van der Waals surface area contributed by atoms with Crippen LogP contribution in [0.1, 0.15) is 36.0 Å². The van der Waals surface area contributed by atoms with Gasteiger partial charge in [-0.25, -0.2) is 0 Å². The van der Waals surface area contributed by atoms with E-state index in [1.807, 2.05) is 12.1 Å². The molecule has 0 radical (unpaired) electrons. The van der Waals surface area contributed by atoms with Gasteiger partial charge in [0.2, 0.25) is 5.91 Å². The topological polar surface area (TPSA) is 60.9 Å². The van der Waals surface area contributed by atoms with Crippen LogP contribution >= 0.6 is 0 Å². The Morgan fingerprint density at radius 1 is 1.14 bits per heavy atom. The van der Waals surface area contributed by atoms with Gasteiger partial charge in [-0.2, -0.15) is 0 Å². The smallest absolute Gasteiger partial charge is 0.253 e. The molecule has 1 N–H and O–H groups in total. The Morgan fingerprint density at radius 2 is 1.90 bits per heavy atom. The molecule has 1 aromatic rings. The summed E-state index contributed by atoms with van der Waals surface area (Å²) in [5, 5.41) is 9.50. The molecule has 0 saturated carbocycles. The Kier molecular flexibility index (Phi) is 3.92. The predicted molar refractivity (Wildman–Crippen MR) is 79.2 cm³/mol. The maximum atomic E-state index is 12.3. The molecule has 2 heterocycles. The van der Waals surface area contributed by atoms with Crippen molar-refractivity contribution in [3.8, 4) is 0 Å². The van der Waals surface area contributed by atoms with Crippen molar-refractivity contribution in [1.82, 2.24) is 4.90 Å². The third-order valence-electron chi connectivity index (χ3n) is 4.20. The normalized spacial score (nSPS) is 22.7. The van der Waals surface area contributed by atoms with Gasteiger partial charge in [0.05, 0.1) is 6.10 Å². The van der Waals surface area contributed by atoms with Gasteiger partial charge in [-0.3, -0.25) is 9.59 Å². The second-order valence-electron chi connectivity index (χ2n) is 5.74. The minimum absolute atomic E-state index is 0.0527. The van der Waals surface area contributed by atoms with E-state index in [1.165, 1.54) is 0 Å². The number of anilines is 1. The molecule has 5 nitrogen and oxygen atoms in total. The fraction of sp³-hybridized carbons (Fsp3) is 0.500. The zero-order valence-electron chi connectivity index (χ0n) is 12.0. The molecular weight excluding hydrogens is 268 g/mol. The van der Waals surface area contributed by atoms with Crippen molar-refractivity contribution >= 4 is 17.5 Å². The maximum absolute atomic E-state index is 12.3. The number of aliphatic hydroxyl groups excluding tert-OH is 1. The van der Waals surface area contributed by atoms with E-state index >= 15 is 0 Å². The molecular formula is C16H20N2O3. The van der Waals surface area contributed by atoms with Gasteiger partial charge in [0, 0.05) is 37.3 Å². The molecule has 2 aliphatic heterocycles. The van der Waals surface area contributed by atoms with Crippen LogP contribution in [0.5, 0.6) is 0 Å². The summed E-state index contributed by atoms with van der Waals surface area (Å²) in [6.07, 6.45) is 2.83. The SMILES string of the molecule is O=C(c1ccc(N2CCCCC2=O)cc1)N1CC[C@H](O)C1. The highest BCUT2D eigenvalue weighted by molar-refractivity contribution is 5.97. The van der Waals surface area contributed by atoms with Gasteiger partial charge in [0.1, 0.15) is 0 Å². The first-order valence-corrected chi connectivity index (χ1v) is 7.53. The molecule has 0 aliphatic carbocycles. The maximum Gasteiger partial charge on any atom is 0.253 e. The first-order valence-electron chi connectivity index (χ1n) is 7.53. The minimum atomic E-state index is -0.404. The lowest BCUT2D eigenvalue weighted by atomic mass is 10.1. The van der Waals surface area contributed by atoms with E-state index in [1.54, 1.807) is 21.9 Å². The molecule has 21 heavy (non-hydrogen) atoms. The van der Waals surface area contributed by atoms with Crippen LogP contribution < -0.4 is 4.90 Å². The van der Waals surface area contributed by atoms with Crippen LogP contribution in [-0.4, -0.2) is 47.6 Å². The average Bonchev–Trinajstić information content (AvgIpc) is 2.94. The number of piperidine rings is 1. The van der Waals surface area contributed by atoms with Crippen LogP contribution in [0.2, 0.25) is 0 Å². The van der Waals surface area contributed by atoms with Crippen molar-refractivity contribution in [3.05, 3.63) is 29.8 Å². The lowest BCUT2D eigenvalue weighted by Gasteiger charge is -2.27. The third-order valence-corrected chi connectivity index (χ3v) is 4.20. The molecule has 0 bridgehead atoms. The number of amides is 2. The summed E-state index contributed by atoms with van der Waals surface area (Å²) < 4.78 is 0. The molecule has 0 spiro atoms. The van der Waals surface area contributed by atoms with E-state index in [2.05, 4.69) is 0 Å². The predicted octanol–water partition coefficient (Wildman–Crippen LogP) is 1.41. The van der Waals surface area contributed by atoms with Crippen molar-refractivity contribution in [2.24, 2.45) is 0 Å². The quantitative estimate of drug-likeness (QED) is 0.895. The van der Waals surface area contributed by atoms with Gasteiger partial charge in [-0.1, -0.05) is 0 Å². The van der Waals surface area contributed by atoms with Crippen LogP contribution in [0.25, 0.3) is 0 Å². The zero-order valence-corrected chi connectivity index (χ0v) is 12.0. The number of likely N-dealkylation sites (tertiary alicyclic amines) is 1. The van der Waals surface area contributed by atoms with Gasteiger partial charge >= 0.3 is 0 Å². The minimum Gasteiger partial charge on any atom is -0.391 e. The van der Waals surface area contributed by atoms with E-state index in [0.29, 0.717) is 31.5 Å². The number of carbonyl (C=O) groups is 2. The van der Waals surface area contributed by atoms with Crippen LogP contribution in [-0.2, 0) is 4.79 Å². The standard InChI is InChI=1S/C16H20N2O3/c19-14-8-10-17(11-14)16(21)12-4-6-13(7-5-12)18-9-2-1-3-15(18)20/h4-7,14,19H,1-3,8-11H2/t14-/m0/s1. The Hall–Kier alpha value is -1.88. The summed E-state index contributed by atoms with van der Waals surface area (Å²) in [7, 11) is 0. The fourth-order valence-corrected chi connectivity index (χ4v) is 2.97. The highest BCUT2D eigenvalue weighted by Crippen LogP contribution is 2.22. The van der Waals surface area contributed by atoms with Gasteiger partial charge in [-0.15, -0.1) is 0 Å². The van der Waals surface area contributed by atoms with E-state index in [0.717, 1.165) is 25.1 Å². The lowest BCUT2D eigenvalue weighted by molar-refractivity contribution is -0.119. The third kappa shape index (κ3) is 2.93. The van der Waals surface area contributed by atoms with E-state index in [9.17, 15) is 14.7 Å². The van der Waals surface area contributed by atoms with Crippen LogP contribution in [0, 0.1) is 0 Å². The van der Waals surface area contributed by atoms with Crippen molar-refractivity contribution in [1.29, 1.82) is 0 Å². The summed E-state index contributed by atoms with van der Waals surface area (Å²) in [5.74, 6) is 0.103. The van der Waals surface area contributed by atoms with Gasteiger partial charge < -0.3 is 14.9 Å². The summed E-state index contributed by atoms with van der Waals surface area (Å²) in [5.41, 5.74) is 1.47. The second kappa shape index (κ2) is 5.85. The van der Waals surface area contributed by atoms with Gasteiger partial charge in [-0.05, 0) is 43.5 Å². The molecule has 1 aromatic carbocycles. The molecule has 5 heteroatoms. The first-order chi connectivity index (χ1) is 10.1. The number of aliphatic hydroxyl groups is 1. The molecule has 0 aromatic heterocycles. The van der Waals surface area contributed by atoms with Crippen molar-refractivity contribution in [2.75, 3.05) is 24.5 Å². The van der Waals surface area contributed by atoms with Crippen LogP contribution in [0.4, 0.5) is 5.69 Å². The summed E-state index contributed by atoms with van der Waals surface area (Å²) in [4.78, 5) is 27.6. The molecule has 2 aliphatic rings. The Balaban J connectivity index is 1.71. The lowest BCUT2D eigenvalue weighted by Crippen LogP contribution is -2.35. The number of hydrogen-bond acceptors (Lipinski definition) is 3. The van der Waals surface area contributed by atoms with Crippen LogP contribution in [0.15, 0.2) is 24.3 Å². The number of rotatable bonds is 2. The number of β-amino-alcohol motifs (C(OH)–C–C–N with tert-alkyl or cyclic N) is 1. The van der Waals surface area contributed by atoms with Crippen molar-refractivity contribution < 1.29 is 14.7 Å².